The van der Waals surface area contributed by atoms with Gasteiger partial charge in [-0.05, 0) is 31.0 Å². The molecule has 1 aromatic rings. The lowest BCUT2D eigenvalue weighted by Crippen LogP contribution is -1.93. The molecule has 0 aliphatic carbocycles. The van der Waals surface area contributed by atoms with E-state index in [1.165, 1.54) is 0 Å². The third-order valence-electron chi connectivity index (χ3n) is 2.22. The molecule has 2 nitrogen and oxygen atoms in total. The van der Waals surface area contributed by atoms with Crippen LogP contribution >= 0.6 is 0 Å². The number of ketones is 1. The van der Waals surface area contributed by atoms with Crippen molar-refractivity contribution in [2.75, 3.05) is 0 Å². The molecule has 0 heterocycles. The summed E-state index contributed by atoms with van der Waals surface area (Å²) in [6.07, 6.45) is 4.92. The summed E-state index contributed by atoms with van der Waals surface area (Å²) in [6, 6.07) is 5.57. The monoisotopic (exact) mass is 202 g/mol. The van der Waals surface area contributed by atoms with Gasteiger partial charge in [0.25, 0.3) is 0 Å². The van der Waals surface area contributed by atoms with Gasteiger partial charge in [-0.25, -0.2) is 0 Å². The smallest absolute Gasteiger partial charge is 0.159 e. The van der Waals surface area contributed by atoms with E-state index in [4.69, 9.17) is 0 Å². The second-order valence-electron chi connectivity index (χ2n) is 3.43. The summed E-state index contributed by atoms with van der Waals surface area (Å²) in [4.78, 5) is 21.3. The minimum Gasteiger partial charge on any atom is -0.303 e. The predicted molar refractivity (Wildman–Crippen MR) is 60.9 cm³/mol. The van der Waals surface area contributed by atoms with Gasteiger partial charge in [-0.1, -0.05) is 24.3 Å². The highest BCUT2D eigenvalue weighted by atomic mass is 16.1. The molecule has 0 fully saturated rings. The molecule has 0 atom stereocenters. The van der Waals surface area contributed by atoms with E-state index in [1.807, 2.05) is 31.2 Å². The van der Waals surface area contributed by atoms with Gasteiger partial charge >= 0.3 is 0 Å². The predicted octanol–water partition coefficient (Wildman–Crippen LogP) is 2.80. The van der Waals surface area contributed by atoms with Crippen molar-refractivity contribution in [1.82, 2.24) is 0 Å². The molecule has 0 aliphatic heterocycles. The average molecular weight is 202 g/mol. The highest BCUT2D eigenvalue weighted by Crippen LogP contribution is 2.13. The van der Waals surface area contributed by atoms with Crippen LogP contribution in [0.5, 0.6) is 0 Å². The average Bonchev–Trinajstić information content (AvgIpc) is 2.20. The van der Waals surface area contributed by atoms with E-state index in [0.29, 0.717) is 12.0 Å². The molecule has 1 aromatic carbocycles. The Morgan fingerprint density at radius 1 is 1.40 bits per heavy atom. The first-order chi connectivity index (χ1) is 7.15. The zero-order valence-electron chi connectivity index (χ0n) is 8.99. The van der Waals surface area contributed by atoms with Crippen LogP contribution in [0.15, 0.2) is 24.3 Å². The summed E-state index contributed by atoms with van der Waals surface area (Å²) in [5, 5.41) is 0. The minimum absolute atomic E-state index is 0.0556. The summed E-state index contributed by atoms with van der Waals surface area (Å²) in [5.74, 6) is 0.0556. The fraction of sp³-hybridized carbons (Fsp3) is 0.231. The Bertz CT molecular complexity index is 403. The molecule has 15 heavy (non-hydrogen) atoms. The summed E-state index contributed by atoms with van der Waals surface area (Å²) >= 11 is 0. The van der Waals surface area contributed by atoms with Gasteiger partial charge in [0.1, 0.15) is 6.29 Å². The lowest BCUT2D eigenvalue weighted by atomic mass is 10.0. The topological polar surface area (TPSA) is 34.1 Å². The first kappa shape index (κ1) is 11.4. The van der Waals surface area contributed by atoms with Crippen LogP contribution in [0.3, 0.4) is 0 Å². The number of carbonyl (C=O) groups is 2. The Hall–Kier alpha value is -1.70. The van der Waals surface area contributed by atoms with Gasteiger partial charge in [0.15, 0.2) is 5.78 Å². The van der Waals surface area contributed by atoms with Crippen LogP contribution < -0.4 is 0 Å². The van der Waals surface area contributed by atoms with Crippen molar-refractivity contribution in [2.45, 2.75) is 20.3 Å². The lowest BCUT2D eigenvalue weighted by Gasteiger charge is -2.02. The fourth-order valence-electron chi connectivity index (χ4n) is 1.29. The Kier molecular flexibility index (Phi) is 3.98. The summed E-state index contributed by atoms with van der Waals surface area (Å²) in [6.45, 7) is 3.52. The Morgan fingerprint density at radius 3 is 2.73 bits per heavy atom. The van der Waals surface area contributed by atoms with E-state index in [2.05, 4.69) is 0 Å². The van der Waals surface area contributed by atoms with E-state index in [1.54, 1.807) is 13.0 Å². The van der Waals surface area contributed by atoms with E-state index in [-0.39, 0.29) is 5.78 Å². The van der Waals surface area contributed by atoms with Crippen molar-refractivity contribution in [3.63, 3.8) is 0 Å². The number of carbonyl (C=O) groups excluding carboxylic acids is 2. The second kappa shape index (κ2) is 5.25. The van der Waals surface area contributed by atoms with Gasteiger partial charge < -0.3 is 4.79 Å². The van der Waals surface area contributed by atoms with Crippen LogP contribution in [-0.4, -0.2) is 12.1 Å². The Balaban J connectivity index is 3.00. The van der Waals surface area contributed by atoms with Gasteiger partial charge in [0, 0.05) is 12.0 Å². The molecular formula is C13H14O2. The highest BCUT2D eigenvalue weighted by Gasteiger charge is 2.01. The van der Waals surface area contributed by atoms with Crippen LogP contribution in [0.2, 0.25) is 0 Å². The zero-order chi connectivity index (χ0) is 11.3. The number of aldehydes is 1. The number of allylic oxidation sites excluding steroid dienone is 1. The molecule has 0 saturated heterocycles. The van der Waals surface area contributed by atoms with Crippen molar-refractivity contribution in [1.29, 1.82) is 0 Å². The molecule has 0 unspecified atom stereocenters. The fourth-order valence-corrected chi connectivity index (χ4v) is 1.29. The maximum atomic E-state index is 11.2. The number of hydrogen-bond donors (Lipinski definition) is 0. The normalized spacial score (nSPS) is 10.5. The molecule has 1 rings (SSSR count). The molecule has 0 spiro atoms. The maximum absolute atomic E-state index is 11.2. The Labute approximate surface area is 89.6 Å². The van der Waals surface area contributed by atoms with E-state index in [0.717, 1.165) is 17.4 Å². The van der Waals surface area contributed by atoms with Gasteiger partial charge in [-0.2, -0.15) is 0 Å². The SMILES string of the molecule is CC(=O)c1ccc(C)c(C=CCC=O)c1. The quantitative estimate of drug-likeness (QED) is 0.555. The third kappa shape index (κ3) is 3.17. The molecule has 2 heteroatoms. The molecule has 78 valence electrons. The van der Waals surface area contributed by atoms with Gasteiger partial charge in [0.05, 0.1) is 0 Å². The maximum Gasteiger partial charge on any atom is 0.159 e. The van der Waals surface area contributed by atoms with Crippen molar-refractivity contribution in [3.8, 4) is 0 Å². The molecule has 0 amide bonds. The standard InChI is InChI=1S/C13H14O2/c1-10-6-7-13(11(2)15)9-12(10)5-3-4-8-14/h3,5-9H,4H2,1-2H3. The van der Waals surface area contributed by atoms with Crippen LogP contribution in [0.25, 0.3) is 6.08 Å². The third-order valence-corrected chi connectivity index (χ3v) is 2.22. The molecular weight excluding hydrogens is 188 g/mol. The molecule has 0 N–H and O–H groups in total. The van der Waals surface area contributed by atoms with Crippen molar-refractivity contribution < 1.29 is 9.59 Å². The largest absolute Gasteiger partial charge is 0.303 e. The van der Waals surface area contributed by atoms with Crippen LogP contribution in [0.4, 0.5) is 0 Å². The Morgan fingerprint density at radius 2 is 2.13 bits per heavy atom. The van der Waals surface area contributed by atoms with Gasteiger partial charge in [0.2, 0.25) is 0 Å². The van der Waals surface area contributed by atoms with E-state index in [9.17, 15) is 9.59 Å². The van der Waals surface area contributed by atoms with Crippen molar-refractivity contribution >= 4 is 18.1 Å². The second-order valence-corrected chi connectivity index (χ2v) is 3.43. The molecule has 0 aromatic heterocycles. The van der Waals surface area contributed by atoms with Crippen molar-refractivity contribution in [3.05, 3.63) is 41.0 Å². The summed E-state index contributed by atoms with van der Waals surface area (Å²) in [5.41, 5.74) is 2.79. The summed E-state index contributed by atoms with van der Waals surface area (Å²) < 4.78 is 0. The molecule has 0 bridgehead atoms. The molecule has 0 radical (unpaired) electrons. The van der Waals surface area contributed by atoms with Crippen LogP contribution in [0.1, 0.15) is 34.8 Å². The number of aryl methyl sites for hydroxylation is 1. The number of hydrogen-bond acceptors (Lipinski definition) is 2. The van der Waals surface area contributed by atoms with Gasteiger partial charge in [-0.3, -0.25) is 4.79 Å². The number of Topliss-reactive ketones (excluding diaryl/α,β-unsaturated/α-hetero) is 1. The highest BCUT2D eigenvalue weighted by molar-refractivity contribution is 5.94. The number of benzene rings is 1. The minimum atomic E-state index is 0.0556. The first-order valence-electron chi connectivity index (χ1n) is 4.87. The number of rotatable bonds is 4. The van der Waals surface area contributed by atoms with Crippen LogP contribution in [0, 0.1) is 6.92 Å². The lowest BCUT2D eigenvalue weighted by molar-refractivity contribution is -0.107. The van der Waals surface area contributed by atoms with E-state index < -0.39 is 0 Å². The van der Waals surface area contributed by atoms with Crippen LogP contribution in [-0.2, 0) is 4.79 Å². The molecule has 0 aliphatic rings. The van der Waals surface area contributed by atoms with E-state index >= 15 is 0 Å². The zero-order valence-corrected chi connectivity index (χ0v) is 8.99. The first-order valence-corrected chi connectivity index (χ1v) is 4.87. The summed E-state index contributed by atoms with van der Waals surface area (Å²) in [7, 11) is 0. The van der Waals surface area contributed by atoms with Crippen molar-refractivity contribution in [2.24, 2.45) is 0 Å². The molecule has 0 saturated carbocycles. The van der Waals surface area contributed by atoms with Gasteiger partial charge in [-0.15, -0.1) is 0 Å².